The van der Waals surface area contributed by atoms with Gasteiger partial charge >= 0.3 is 5.97 Å². The van der Waals surface area contributed by atoms with Gasteiger partial charge < -0.3 is 9.47 Å². The van der Waals surface area contributed by atoms with Gasteiger partial charge in [0, 0.05) is 11.3 Å². The molecule has 0 saturated carbocycles. The number of ketones is 1. The number of carbonyl (C=O) groups excluding carboxylic acids is 2. The van der Waals surface area contributed by atoms with E-state index in [1.54, 1.807) is 13.8 Å². The van der Waals surface area contributed by atoms with E-state index in [-0.39, 0.29) is 17.1 Å². The molecule has 0 N–H and O–H groups in total. The lowest BCUT2D eigenvalue weighted by Gasteiger charge is -2.28. The molecule has 0 bridgehead atoms. The fraction of sp³-hybridized carbons (Fsp3) is 0.833. The number of hydrogen-bond acceptors (Lipinski definition) is 4. The van der Waals surface area contributed by atoms with Gasteiger partial charge in [0.1, 0.15) is 0 Å². The summed E-state index contributed by atoms with van der Waals surface area (Å²) >= 11 is 0. The maximum absolute atomic E-state index is 11.9. The Morgan fingerprint density at radius 3 is 2.06 bits per heavy atom. The zero-order valence-electron chi connectivity index (χ0n) is 10.8. The zero-order valence-corrected chi connectivity index (χ0v) is 10.8. The molecule has 92 valence electrons. The van der Waals surface area contributed by atoms with E-state index in [0.717, 1.165) is 0 Å². The Bertz CT molecular complexity index is 313. The van der Waals surface area contributed by atoms with Crippen molar-refractivity contribution in [1.29, 1.82) is 0 Å². The van der Waals surface area contributed by atoms with Crippen LogP contribution >= 0.6 is 0 Å². The van der Waals surface area contributed by atoms with Crippen LogP contribution in [0, 0.1) is 11.3 Å². The summed E-state index contributed by atoms with van der Waals surface area (Å²) in [5, 5.41) is 0. The molecule has 0 amide bonds. The highest BCUT2D eigenvalue weighted by Crippen LogP contribution is 2.39. The van der Waals surface area contributed by atoms with Crippen molar-refractivity contribution in [1.82, 2.24) is 0 Å². The summed E-state index contributed by atoms with van der Waals surface area (Å²) in [4.78, 5) is 23.5. The van der Waals surface area contributed by atoms with Gasteiger partial charge in [0.05, 0.1) is 0 Å². The first-order valence-corrected chi connectivity index (χ1v) is 5.52. The fourth-order valence-corrected chi connectivity index (χ4v) is 1.78. The molecule has 16 heavy (non-hydrogen) atoms. The maximum Gasteiger partial charge on any atom is 0.348 e. The van der Waals surface area contributed by atoms with Crippen LogP contribution in [0.4, 0.5) is 0 Å². The molecule has 2 atom stereocenters. The Morgan fingerprint density at radius 2 is 1.88 bits per heavy atom. The molecule has 0 aliphatic carbocycles. The molecular formula is C12H20O4. The van der Waals surface area contributed by atoms with Crippen molar-refractivity contribution in [2.75, 3.05) is 0 Å². The standard InChI is InChI=1S/C12H20O4/c1-7(2)12(8(3)13)9(14)15-10(16-12)11(4,5)6/h7,10H,1-6H3/t10-,12-/m1/s1. The third kappa shape index (κ3) is 1.86. The third-order valence-electron chi connectivity index (χ3n) is 2.85. The molecule has 1 aliphatic heterocycles. The highest BCUT2D eigenvalue weighted by Gasteiger charge is 2.58. The van der Waals surface area contributed by atoms with Gasteiger partial charge in [-0.3, -0.25) is 4.79 Å². The first-order chi connectivity index (χ1) is 7.12. The van der Waals surface area contributed by atoms with Crippen molar-refractivity contribution < 1.29 is 19.1 Å². The Kier molecular flexibility index (Phi) is 3.16. The summed E-state index contributed by atoms with van der Waals surface area (Å²) in [6.45, 7) is 10.7. The SMILES string of the molecule is CC(=O)[C@@]1(C(C)C)O[C@H](C(C)(C)C)OC1=O. The van der Waals surface area contributed by atoms with E-state index in [1.165, 1.54) is 6.92 Å². The van der Waals surface area contributed by atoms with Gasteiger partial charge in [-0.1, -0.05) is 34.6 Å². The first-order valence-electron chi connectivity index (χ1n) is 5.52. The third-order valence-corrected chi connectivity index (χ3v) is 2.85. The van der Waals surface area contributed by atoms with Crippen LogP contribution in [-0.4, -0.2) is 23.6 Å². The van der Waals surface area contributed by atoms with Crippen molar-refractivity contribution in [2.45, 2.75) is 53.4 Å². The molecule has 0 aromatic carbocycles. The Morgan fingerprint density at radius 1 is 1.38 bits per heavy atom. The lowest BCUT2D eigenvalue weighted by Crippen LogP contribution is -2.49. The largest absolute Gasteiger partial charge is 0.433 e. The molecule has 1 fully saturated rings. The first kappa shape index (κ1) is 13.2. The number of rotatable bonds is 2. The maximum atomic E-state index is 11.9. The zero-order chi connectivity index (χ0) is 12.7. The Hall–Kier alpha value is -0.900. The topological polar surface area (TPSA) is 52.6 Å². The normalized spacial score (nSPS) is 30.7. The summed E-state index contributed by atoms with van der Waals surface area (Å²) in [6.07, 6.45) is -0.661. The van der Waals surface area contributed by atoms with Crippen LogP contribution in [0.2, 0.25) is 0 Å². The predicted octanol–water partition coefficient (Wildman–Crippen LogP) is 1.92. The molecule has 0 aromatic rings. The molecule has 0 unspecified atom stereocenters. The fourth-order valence-electron chi connectivity index (χ4n) is 1.78. The van der Waals surface area contributed by atoms with Gasteiger partial charge in [-0.15, -0.1) is 0 Å². The van der Waals surface area contributed by atoms with Gasteiger partial charge in [0.2, 0.25) is 11.9 Å². The minimum Gasteiger partial charge on any atom is -0.433 e. The minimum absolute atomic E-state index is 0.232. The average Bonchev–Trinajstić information content (AvgIpc) is 2.42. The van der Waals surface area contributed by atoms with Crippen molar-refractivity contribution in [3.8, 4) is 0 Å². The molecule has 4 nitrogen and oxygen atoms in total. The number of Topliss-reactive ketones (excluding diaryl/α,β-unsaturated/α-hetero) is 1. The van der Waals surface area contributed by atoms with Gasteiger partial charge in [-0.25, -0.2) is 4.79 Å². The van der Waals surface area contributed by atoms with Crippen LogP contribution in [-0.2, 0) is 19.1 Å². The summed E-state index contributed by atoms with van der Waals surface area (Å²) in [7, 11) is 0. The van der Waals surface area contributed by atoms with Gasteiger partial charge in [0.25, 0.3) is 0 Å². The van der Waals surface area contributed by atoms with E-state index in [9.17, 15) is 9.59 Å². The molecule has 0 radical (unpaired) electrons. The molecule has 4 heteroatoms. The van der Waals surface area contributed by atoms with Gasteiger partial charge in [-0.05, 0) is 6.92 Å². The molecule has 0 spiro atoms. The minimum atomic E-state index is -1.42. The second kappa shape index (κ2) is 3.84. The number of esters is 1. The number of cyclic esters (lactones) is 1. The van der Waals surface area contributed by atoms with Crippen molar-refractivity contribution in [2.24, 2.45) is 11.3 Å². The van der Waals surface area contributed by atoms with Gasteiger partial charge in [0.15, 0.2) is 5.78 Å². The van der Waals surface area contributed by atoms with E-state index < -0.39 is 17.9 Å². The summed E-state index contributed by atoms with van der Waals surface area (Å²) in [5.74, 6) is -1.08. The van der Waals surface area contributed by atoms with Crippen LogP contribution in [0.5, 0.6) is 0 Å². The van der Waals surface area contributed by atoms with Crippen molar-refractivity contribution in [3.63, 3.8) is 0 Å². The summed E-state index contributed by atoms with van der Waals surface area (Å²) in [6, 6.07) is 0. The van der Waals surface area contributed by atoms with Gasteiger partial charge in [-0.2, -0.15) is 0 Å². The van der Waals surface area contributed by atoms with Crippen molar-refractivity contribution >= 4 is 11.8 Å². The van der Waals surface area contributed by atoms with E-state index in [2.05, 4.69) is 0 Å². The monoisotopic (exact) mass is 228 g/mol. The predicted molar refractivity (Wildman–Crippen MR) is 58.7 cm³/mol. The van der Waals surface area contributed by atoms with Crippen molar-refractivity contribution in [3.05, 3.63) is 0 Å². The molecular weight excluding hydrogens is 208 g/mol. The quantitative estimate of drug-likeness (QED) is 0.535. The van der Waals surface area contributed by atoms with E-state index in [1.807, 2.05) is 20.8 Å². The number of carbonyl (C=O) groups is 2. The number of ether oxygens (including phenoxy) is 2. The van der Waals surface area contributed by atoms with E-state index in [4.69, 9.17) is 9.47 Å². The molecule has 1 rings (SSSR count). The molecule has 1 heterocycles. The van der Waals surface area contributed by atoms with Crippen LogP contribution in [0.25, 0.3) is 0 Å². The molecule has 1 aliphatic rings. The Labute approximate surface area is 96.3 Å². The van der Waals surface area contributed by atoms with E-state index >= 15 is 0 Å². The summed E-state index contributed by atoms with van der Waals surface area (Å²) < 4.78 is 10.8. The van der Waals surface area contributed by atoms with Crippen LogP contribution in [0.3, 0.4) is 0 Å². The Balaban J connectivity index is 3.08. The average molecular weight is 228 g/mol. The second-order valence-electron chi connectivity index (χ2n) is 5.67. The smallest absolute Gasteiger partial charge is 0.348 e. The van der Waals surface area contributed by atoms with Crippen LogP contribution < -0.4 is 0 Å². The molecule has 1 saturated heterocycles. The van der Waals surface area contributed by atoms with E-state index in [0.29, 0.717) is 0 Å². The summed E-state index contributed by atoms with van der Waals surface area (Å²) in [5.41, 5.74) is -1.75. The number of hydrogen-bond donors (Lipinski definition) is 0. The van der Waals surface area contributed by atoms with Crippen LogP contribution in [0.15, 0.2) is 0 Å². The molecule has 0 aromatic heterocycles. The van der Waals surface area contributed by atoms with Crippen LogP contribution in [0.1, 0.15) is 41.5 Å². The lowest BCUT2D eigenvalue weighted by molar-refractivity contribution is -0.168. The second-order valence-corrected chi connectivity index (χ2v) is 5.67. The highest BCUT2D eigenvalue weighted by atomic mass is 16.8. The highest BCUT2D eigenvalue weighted by molar-refractivity contribution is 6.07. The lowest BCUT2D eigenvalue weighted by atomic mass is 9.86.